The minimum atomic E-state index is -1.34. The van der Waals surface area contributed by atoms with Crippen molar-refractivity contribution < 1.29 is 66.6 Å². The van der Waals surface area contributed by atoms with Gasteiger partial charge in [-0.25, -0.2) is 0 Å². The average molecular weight is 545 g/mol. The largest absolute Gasteiger partial charge is 0.463 e. The number of ether oxygens (including phenoxy) is 9. The summed E-state index contributed by atoms with van der Waals surface area (Å²) in [6, 6.07) is 0. The molecule has 0 N–H and O–H groups in total. The lowest BCUT2D eigenvalue weighted by molar-refractivity contribution is -0.271. The highest BCUT2D eigenvalue weighted by atomic mass is 16.8. The standard InChI is InChI=1S/C24H32O14/c1-9(25)30-8-15-18(32-11(3)27)19(33-12(4)28)17(31-10(2)26)14(34-15)7-13-16-20-21(38-24(5,6)37-20)23(35-16)36-22(13)29/h13-21,23H,7-8H2,1-6H3/t13?,14-,15-,16-,17+,18-,19-,20-,21-,23+/m1/s1. The molecule has 10 atom stereocenters. The molecule has 212 valence electrons. The summed E-state index contributed by atoms with van der Waals surface area (Å²) in [6.45, 7) is 7.68. The van der Waals surface area contributed by atoms with Crippen molar-refractivity contribution in [3.63, 3.8) is 0 Å². The van der Waals surface area contributed by atoms with E-state index in [-0.39, 0.29) is 13.0 Å². The molecule has 0 spiro atoms. The average Bonchev–Trinajstić information content (AvgIpc) is 3.24. The fraction of sp³-hybridized carbons (Fsp3) is 0.792. The Labute approximate surface area is 218 Å². The molecule has 14 nitrogen and oxygen atoms in total. The van der Waals surface area contributed by atoms with Crippen molar-refractivity contribution in [1.82, 2.24) is 0 Å². The fourth-order valence-electron chi connectivity index (χ4n) is 5.33. The fourth-order valence-corrected chi connectivity index (χ4v) is 5.33. The van der Waals surface area contributed by atoms with E-state index in [2.05, 4.69) is 0 Å². The Morgan fingerprint density at radius 3 is 1.87 bits per heavy atom. The summed E-state index contributed by atoms with van der Waals surface area (Å²) in [7, 11) is 0. The van der Waals surface area contributed by atoms with Gasteiger partial charge in [0.25, 0.3) is 0 Å². The maximum atomic E-state index is 13.0. The molecule has 4 aliphatic heterocycles. The zero-order valence-electron chi connectivity index (χ0n) is 21.9. The minimum absolute atomic E-state index is 0.123. The molecule has 0 aromatic heterocycles. The summed E-state index contributed by atoms with van der Waals surface area (Å²) in [5.74, 6) is -5.32. The molecule has 4 fully saturated rings. The Morgan fingerprint density at radius 2 is 1.29 bits per heavy atom. The molecule has 0 aromatic rings. The molecule has 0 radical (unpaired) electrons. The second kappa shape index (κ2) is 10.8. The van der Waals surface area contributed by atoms with E-state index in [9.17, 15) is 24.0 Å². The van der Waals surface area contributed by atoms with Gasteiger partial charge in [-0.15, -0.1) is 0 Å². The van der Waals surface area contributed by atoms with Gasteiger partial charge in [-0.3, -0.25) is 24.0 Å². The number of fused-ring (bicyclic) bond motifs is 5. The first-order valence-corrected chi connectivity index (χ1v) is 12.3. The Bertz CT molecular complexity index is 977. The summed E-state index contributed by atoms with van der Waals surface area (Å²) in [6.07, 6.45) is -9.21. The van der Waals surface area contributed by atoms with Crippen LogP contribution in [0.4, 0.5) is 0 Å². The van der Waals surface area contributed by atoms with E-state index in [1.165, 1.54) is 6.92 Å². The van der Waals surface area contributed by atoms with E-state index in [1.54, 1.807) is 13.8 Å². The Kier molecular flexibility index (Phi) is 7.98. The van der Waals surface area contributed by atoms with Crippen molar-refractivity contribution in [3.05, 3.63) is 0 Å². The predicted molar refractivity (Wildman–Crippen MR) is 119 cm³/mol. The molecule has 1 unspecified atom stereocenters. The molecule has 14 heteroatoms. The van der Waals surface area contributed by atoms with Gasteiger partial charge in [0, 0.05) is 27.7 Å². The van der Waals surface area contributed by atoms with E-state index < -0.39 is 96.7 Å². The van der Waals surface area contributed by atoms with Crippen molar-refractivity contribution in [2.45, 2.75) is 109 Å². The minimum Gasteiger partial charge on any atom is -0.463 e. The zero-order valence-corrected chi connectivity index (χ0v) is 21.9. The van der Waals surface area contributed by atoms with Gasteiger partial charge in [-0.2, -0.15) is 0 Å². The predicted octanol–water partition coefficient (Wildman–Crippen LogP) is -0.0799. The molecular formula is C24H32O14. The van der Waals surface area contributed by atoms with E-state index in [0.29, 0.717) is 0 Å². The molecule has 4 rings (SSSR count). The van der Waals surface area contributed by atoms with Crippen LogP contribution in [0.3, 0.4) is 0 Å². The Hall–Kier alpha value is -2.81. The van der Waals surface area contributed by atoms with Crippen LogP contribution in [0.15, 0.2) is 0 Å². The van der Waals surface area contributed by atoms with E-state index >= 15 is 0 Å². The molecule has 0 saturated carbocycles. The topological polar surface area (TPSA) is 168 Å². The highest BCUT2D eigenvalue weighted by Crippen LogP contribution is 2.46. The lowest BCUT2D eigenvalue weighted by Crippen LogP contribution is -2.63. The smallest absolute Gasteiger partial charge is 0.314 e. The van der Waals surface area contributed by atoms with Crippen molar-refractivity contribution >= 4 is 29.8 Å². The van der Waals surface area contributed by atoms with Gasteiger partial charge in [-0.05, 0) is 20.3 Å². The number of rotatable bonds is 7. The number of hydrogen-bond donors (Lipinski definition) is 0. The molecule has 0 amide bonds. The van der Waals surface area contributed by atoms with Gasteiger partial charge in [-0.1, -0.05) is 0 Å². The third kappa shape index (κ3) is 5.92. The first kappa shape index (κ1) is 28.2. The van der Waals surface area contributed by atoms with E-state index in [4.69, 9.17) is 42.6 Å². The van der Waals surface area contributed by atoms with Gasteiger partial charge in [0.15, 0.2) is 30.2 Å². The maximum absolute atomic E-state index is 13.0. The molecule has 0 aliphatic carbocycles. The quantitative estimate of drug-likeness (QED) is 0.308. The van der Waals surface area contributed by atoms with Gasteiger partial charge in [0.1, 0.15) is 24.9 Å². The van der Waals surface area contributed by atoms with Gasteiger partial charge >= 0.3 is 29.8 Å². The van der Waals surface area contributed by atoms with Crippen LogP contribution < -0.4 is 0 Å². The molecule has 0 aromatic carbocycles. The first-order valence-electron chi connectivity index (χ1n) is 12.3. The van der Waals surface area contributed by atoms with Crippen LogP contribution in [0.5, 0.6) is 0 Å². The summed E-state index contributed by atoms with van der Waals surface area (Å²) >= 11 is 0. The van der Waals surface area contributed by atoms with Gasteiger partial charge < -0.3 is 42.6 Å². The van der Waals surface area contributed by atoms with Crippen LogP contribution in [0.2, 0.25) is 0 Å². The maximum Gasteiger partial charge on any atom is 0.314 e. The summed E-state index contributed by atoms with van der Waals surface area (Å²) in [5, 5.41) is 0. The van der Waals surface area contributed by atoms with Crippen LogP contribution in [-0.4, -0.2) is 97.4 Å². The van der Waals surface area contributed by atoms with Gasteiger partial charge in [0.2, 0.25) is 6.29 Å². The molecule has 4 saturated heterocycles. The second-order valence-corrected chi connectivity index (χ2v) is 10.1. The normalized spacial score (nSPS) is 38.9. The lowest BCUT2D eigenvalue weighted by Gasteiger charge is -2.45. The van der Waals surface area contributed by atoms with Crippen molar-refractivity contribution in [3.8, 4) is 0 Å². The van der Waals surface area contributed by atoms with Crippen LogP contribution in [-0.2, 0) is 66.6 Å². The number of carbonyl (C=O) groups excluding carboxylic acids is 5. The number of esters is 5. The summed E-state index contributed by atoms with van der Waals surface area (Å²) in [5.41, 5.74) is 0. The Morgan fingerprint density at radius 1 is 0.737 bits per heavy atom. The van der Waals surface area contributed by atoms with E-state index in [0.717, 1.165) is 20.8 Å². The number of carbonyl (C=O) groups is 5. The number of hydrogen-bond acceptors (Lipinski definition) is 14. The highest BCUT2D eigenvalue weighted by molar-refractivity contribution is 5.75. The van der Waals surface area contributed by atoms with Crippen LogP contribution in [0.25, 0.3) is 0 Å². The monoisotopic (exact) mass is 544 g/mol. The third-order valence-electron chi connectivity index (χ3n) is 6.55. The zero-order chi connectivity index (χ0) is 27.9. The molecule has 4 aliphatic rings. The second-order valence-electron chi connectivity index (χ2n) is 10.1. The third-order valence-corrected chi connectivity index (χ3v) is 6.55. The molecule has 2 bridgehead atoms. The van der Waals surface area contributed by atoms with Crippen molar-refractivity contribution in [1.29, 1.82) is 0 Å². The van der Waals surface area contributed by atoms with E-state index in [1.807, 2.05) is 0 Å². The SMILES string of the molecule is CC(=O)OC[C@H]1O[C@H](CC2C(=O)O[C@@H]3O[C@H]2[C@H]2OC(C)(C)O[C@@H]32)[C@H](OC(C)=O)[C@@H](OC(C)=O)[C@@H]1OC(C)=O. The molecular weight excluding hydrogens is 512 g/mol. The van der Waals surface area contributed by atoms with Crippen LogP contribution in [0, 0.1) is 5.92 Å². The first-order chi connectivity index (χ1) is 17.8. The molecule has 38 heavy (non-hydrogen) atoms. The van der Waals surface area contributed by atoms with Crippen molar-refractivity contribution in [2.24, 2.45) is 5.92 Å². The lowest BCUT2D eigenvalue weighted by atomic mass is 9.85. The summed E-state index contributed by atoms with van der Waals surface area (Å²) < 4.78 is 50.7. The Balaban J connectivity index is 1.65. The molecule has 4 heterocycles. The van der Waals surface area contributed by atoms with Crippen LogP contribution in [0.1, 0.15) is 48.0 Å². The van der Waals surface area contributed by atoms with Crippen LogP contribution >= 0.6 is 0 Å². The van der Waals surface area contributed by atoms with Crippen molar-refractivity contribution in [2.75, 3.05) is 6.61 Å². The van der Waals surface area contributed by atoms with Gasteiger partial charge in [0.05, 0.1) is 12.0 Å². The summed E-state index contributed by atoms with van der Waals surface area (Å²) in [4.78, 5) is 60.5. The highest BCUT2D eigenvalue weighted by Gasteiger charge is 2.64.